The van der Waals surface area contributed by atoms with Gasteiger partial charge >= 0.3 is 0 Å². The molecule has 0 spiro atoms. The third-order valence-corrected chi connectivity index (χ3v) is 5.04. The van der Waals surface area contributed by atoms with E-state index in [9.17, 15) is 9.90 Å². The topological polar surface area (TPSA) is 49.3 Å². The molecule has 2 rings (SSSR count). The Morgan fingerprint density at radius 3 is 2.74 bits per heavy atom. The lowest BCUT2D eigenvalue weighted by Crippen LogP contribution is -2.40. The first kappa shape index (κ1) is 14.9. The predicted octanol–water partition coefficient (Wildman–Crippen LogP) is 3.98. The van der Waals surface area contributed by atoms with Crippen LogP contribution in [0.5, 0.6) is 5.75 Å². The van der Waals surface area contributed by atoms with E-state index in [0.29, 0.717) is 10.4 Å². The van der Waals surface area contributed by atoms with E-state index in [2.05, 4.69) is 37.2 Å². The van der Waals surface area contributed by atoms with Crippen LogP contribution < -0.4 is 5.32 Å². The number of phenolic OH excluding ortho intramolecular Hbond substituents is 1. The van der Waals surface area contributed by atoms with Crippen molar-refractivity contribution in [2.45, 2.75) is 43.0 Å². The molecule has 0 aliphatic heterocycles. The van der Waals surface area contributed by atoms with E-state index in [0.717, 1.165) is 23.7 Å². The first-order valence-corrected chi connectivity index (χ1v) is 8.22. The second kappa shape index (κ2) is 6.75. The highest BCUT2D eigenvalue weighted by Gasteiger charge is 2.24. The fourth-order valence-electron chi connectivity index (χ4n) is 2.37. The van der Waals surface area contributed by atoms with Gasteiger partial charge in [-0.25, -0.2) is 0 Å². The number of hydrogen-bond donors (Lipinski definition) is 2. The summed E-state index contributed by atoms with van der Waals surface area (Å²) in [5.41, 5.74) is 0.326. The number of alkyl halides is 1. The van der Waals surface area contributed by atoms with Crippen LogP contribution in [-0.4, -0.2) is 21.9 Å². The number of aromatic hydroxyl groups is 1. The summed E-state index contributed by atoms with van der Waals surface area (Å²) >= 11 is 6.92. The van der Waals surface area contributed by atoms with Crippen LogP contribution in [0.4, 0.5) is 0 Å². The van der Waals surface area contributed by atoms with Gasteiger partial charge in [0.25, 0.3) is 5.91 Å². The molecule has 0 heterocycles. The minimum atomic E-state index is -0.207. The first-order valence-electron chi connectivity index (χ1n) is 6.51. The molecule has 1 amide bonds. The van der Waals surface area contributed by atoms with Gasteiger partial charge in [-0.2, -0.15) is 0 Å². The number of phenols is 1. The van der Waals surface area contributed by atoms with E-state index in [1.165, 1.54) is 18.9 Å². The zero-order chi connectivity index (χ0) is 13.8. The summed E-state index contributed by atoms with van der Waals surface area (Å²) in [5.74, 6) is -0.201. The van der Waals surface area contributed by atoms with Gasteiger partial charge in [0.2, 0.25) is 0 Å². The molecule has 2 atom stereocenters. The van der Waals surface area contributed by atoms with Crippen molar-refractivity contribution in [2.75, 3.05) is 0 Å². The molecule has 1 saturated carbocycles. The Bertz CT molecular complexity index is 465. The summed E-state index contributed by atoms with van der Waals surface area (Å²) in [5, 5.41) is 12.8. The highest BCUT2D eigenvalue weighted by atomic mass is 79.9. The zero-order valence-electron chi connectivity index (χ0n) is 10.5. The maximum Gasteiger partial charge on any atom is 0.255 e. The highest BCUT2D eigenvalue weighted by molar-refractivity contribution is 9.10. The molecule has 2 N–H and O–H groups in total. The van der Waals surface area contributed by atoms with Gasteiger partial charge in [-0.15, -0.1) is 0 Å². The molecule has 104 valence electrons. The summed E-state index contributed by atoms with van der Waals surface area (Å²) in [6, 6.07) is 5.06. The van der Waals surface area contributed by atoms with Gasteiger partial charge in [0.15, 0.2) is 0 Å². The van der Waals surface area contributed by atoms with Crippen molar-refractivity contribution in [3.05, 3.63) is 28.2 Å². The van der Waals surface area contributed by atoms with E-state index in [1.54, 1.807) is 12.1 Å². The highest BCUT2D eigenvalue weighted by Crippen LogP contribution is 2.26. The molecular formula is C14H17Br2NO2. The molecule has 2 unspecified atom stereocenters. The smallest absolute Gasteiger partial charge is 0.255 e. The second-order valence-corrected chi connectivity index (χ2v) is 6.99. The van der Waals surface area contributed by atoms with Crippen molar-refractivity contribution in [3.63, 3.8) is 0 Å². The van der Waals surface area contributed by atoms with Crippen molar-refractivity contribution in [2.24, 2.45) is 0 Å². The van der Waals surface area contributed by atoms with Crippen LogP contribution >= 0.6 is 31.9 Å². The second-order valence-electron chi connectivity index (χ2n) is 4.90. The largest absolute Gasteiger partial charge is 0.507 e. The van der Waals surface area contributed by atoms with Crippen LogP contribution in [0, 0.1) is 0 Å². The lowest BCUT2D eigenvalue weighted by Gasteiger charge is -2.21. The summed E-state index contributed by atoms with van der Waals surface area (Å²) in [6.07, 6.45) is 5.62. The third-order valence-electron chi connectivity index (χ3n) is 3.45. The van der Waals surface area contributed by atoms with E-state index < -0.39 is 0 Å². The number of halogens is 2. The Labute approximate surface area is 130 Å². The summed E-state index contributed by atoms with van der Waals surface area (Å²) in [7, 11) is 0. The van der Waals surface area contributed by atoms with Crippen LogP contribution in [-0.2, 0) is 0 Å². The number of nitrogens with one attached hydrogen (secondary N) is 1. The van der Waals surface area contributed by atoms with Crippen molar-refractivity contribution >= 4 is 37.8 Å². The standard InChI is InChI=1S/C14H17Br2NO2/c15-9-6-7-10(13(18)8-9)14(19)17-12-5-3-1-2-4-11(12)16/h6-8,11-12,18H,1-5H2,(H,17,19). The Balaban J connectivity index is 2.07. The monoisotopic (exact) mass is 389 g/mol. The molecule has 3 nitrogen and oxygen atoms in total. The molecule has 0 radical (unpaired) electrons. The van der Waals surface area contributed by atoms with Gasteiger partial charge in [-0.1, -0.05) is 51.1 Å². The summed E-state index contributed by atoms with van der Waals surface area (Å²) < 4.78 is 0.759. The van der Waals surface area contributed by atoms with Crippen molar-refractivity contribution < 1.29 is 9.90 Å². The Kier molecular flexibility index (Phi) is 5.28. The lowest BCUT2D eigenvalue weighted by molar-refractivity contribution is 0.0932. The molecule has 5 heteroatoms. The Morgan fingerprint density at radius 2 is 2.00 bits per heavy atom. The average molecular weight is 391 g/mol. The molecule has 0 aromatic heterocycles. The molecular weight excluding hydrogens is 374 g/mol. The van der Waals surface area contributed by atoms with Crippen LogP contribution in [0.3, 0.4) is 0 Å². The third kappa shape index (κ3) is 3.96. The average Bonchev–Trinajstić information content (AvgIpc) is 2.55. The Hall–Kier alpha value is -0.550. The molecule has 0 bridgehead atoms. The fraction of sp³-hybridized carbons (Fsp3) is 0.500. The molecule has 1 fully saturated rings. The van der Waals surface area contributed by atoms with E-state index in [1.807, 2.05) is 0 Å². The van der Waals surface area contributed by atoms with E-state index >= 15 is 0 Å². The first-order chi connectivity index (χ1) is 9.08. The molecule has 1 aliphatic rings. The molecule has 0 saturated heterocycles. The van der Waals surface area contributed by atoms with Gasteiger partial charge in [0, 0.05) is 15.3 Å². The molecule has 1 aromatic carbocycles. The van der Waals surface area contributed by atoms with Gasteiger partial charge < -0.3 is 10.4 Å². The normalized spacial score (nSPS) is 23.7. The SMILES string of the molecule is O=C(NC1CCCCCC1Br)c1ccc(Br)cc1O. The molecule has 1 aromatic rings. The van der Waals surface area contributed by atoms with E-state index in [4.69, 9.17) is 0 Å². The van der Waals surface area contributed by atoms with Crippen LogP contribution in [0.2, 0.25) is 0 Å². The zero-order valence-corrected chi connectivity index (χ0v) is 13.7. The Morgan fingerprint density at radius 1 is 1.26 bits per heavy atom. The lowest BCUT2D eigenvalue weighted by atomic mass is 10.1. The van der Waals surface area contributed by atoms with Crippen molar-refractivity contribution in [3.8, 4) is 5.75 Å². The molecule has 19 heavy (non-hydrogen) atoms. The maximum absolute atomic E-state index is 12.2. The van der Waals surface area contributed by atoms with Gasteiger partial charge in [-0.3, -0.25) is 4.79 Å². The summed E-state index contributed by atoms with van der Waals surface area (Å²) in [4.78, 5) is 12.5. The predicted molar refractivity (Wildman–Crippen MR) is 82.9 cm³/mol. The maximum atomic E-state index is 12.2. The number of rotatable bonds is 2. The quantitative estimate of drug-likeness (QED) is 0.592. The van der Waals surface area contributed by atoms with E-state index in [-0.39, 0.29) is 17.7 Å². The number of carbonyl (C=O) groups excluding carboxylic acids is 1. The molecule has 1 aliphatic carbocycles. The number of hydrogen-bond acceptors (Lipinski definition) is 2. The summed E-state index contributed by atoms with van der Waals surface area (Å²) in [6.45, 7) is 0. The minimum absolute atomic E-state index is 0.00613. The minimum Gasteiger partial charge on any atom is -0.507 e. The van der Waals surface area contributed by atoms with Gasteiger partial charge in [-0.05, 0) is 31.0 Å². The van der Waals surface area contributed by atoms with Crippen LogP contribution in [0.25, 0.3) is 0 Å². The van der Waals surface area contributed by atoms with Crippen molar-refractivity contribution in [1.82, 2.24) is 5.32 Å². The van der Waals surface area contributed by atoms with Crippen molar-refractivity contribution in [1.29, 1.82) is 0 Å². The van der Waals surface area contributed by atoms with Crippen LogP contribution in [0.1, 0.15) is 42.5 Å². The number of amides is 1. The van der Waals surface area contributed by atoms with Gasteiger partial charge in [0.1, 0.15) is 5.75 Å². The fourth-order valence-corrected chi connectivity index (χ4v) is 3.44. The van der Waals surface area contributed by atoms with Gasteiger partial charge in [0.05, 0.1) is 5.56 Å². The number of carbonyl (C=O) groups is 1. The number of benzene rings is 1. The van der Waals surface area contributed by atoms with Crippen LogP contribution in [0.15, 0.2) is 22.7 Å².